The fourth-order valence-corrected chi connectivity index (χ4v) is 1.41. The fourth-order valence-electron chi connectivity index (χ4n) is 1.06. The molecular weight excluding hydrogens is 208 g/mol. The van der Waals surface area contributed by atoms with E-state index in [1.54, 1.807) is 11.8 Å². The molecule has 0 aliphatic rings. The molecule has 0 aromatic rings. The normalized spacial score (nSPS) is 12.1. The van der Waals surface area contributed by atoms with Crippen LogP contribution in [0, 0.1) is 0 Å². The molecule has 0 atom stereocenters. The summed E-state index contributed by atoms with van der Waals surface area (Å²) in [5.41, 5.74) is -0.0867. The molecule has 0 saturated carbocycles. The van der Waals surface area contributed by atoms with Crippen molar-refractivity contribution in [2.45, 2.75) is 45.8 Å². The molecule has 0 N–H and O–H groups in total. The van der Waals surface area contributed by atoms with Crippen molar-refractivity contribution in [3.05, 3.63) is 12.0 Å². The number of hydrogen-bond acceptors (Lipinski definition) is 3. The van der Waals surface area contributed by atoms with Gasteiger partial charge in [0.15, 0.2) is 0 Å². The molecule has 0 saturated heterocycles. The Labute approximate surface area is 98.4 Å². The van der Waals surface area contributed by atoms with Gasteiger partial charge in [-0.2, -0.15) is 0 Å². The van der Waals surface area contributed by atoms with E-state index >= 15 is 0 Å². The largest absolute Gasteiger partial charge is 0.379 e. The Balaban J connectivity index is 3.52. The van der Waals surface area contributed by atoms with E-state index < -0.39 is 0 Å². The summed E-state index contributed by atoms with van der Waals surface area (Å²) < 4.78 is 11.3. The van der Waals surface area contributed by atoms with Gasteiger partial charge >= 0.3 is 0 Å². The highest BCUT2D eigenvalue weighted by atomic mass is 32.2. The van der Waals surface area contributed by atoms with Crippen molar-refractivity contribution in [1.82, 2.24) is 0 Å². The van der Waals surface area contributed by atoms with Crippen LogP contribution >= 0.6 is 11.8 Å². The number of ether oxygens (including phenoxy) is 2. The molecule has 0 heterocycles. The summed E-state index contributed by atoms with van der Waals surface area (Å²) in [6.45, 7) is 13.5. The SMILES string of the molecule is C=CSCCOC(C)(C)CCOC(C)C. The molecule has 0 radical (unpaired) electrons. The summed E-state index contributed by atoms with van der Waals surface area (Å²) in [5.74, 6) is 0.970. The smallest absolute Gasteiger partial charge is 0.0648 e. The monoisotopic (exact) mass is 232 g/mol. The molecule has 0 unspecified atom stereocenters. The molecule has 0 rings (SSSR count). The summed E-state index contributed by atoms with van der Waals surface area (Å²) in [6, 6.07) is 0. The molecule has 3 heteroatoms. The van der Waals surface area contributed by atoms with Gasteiger partial charge in [-0.1, -0.05) is 6.58 Å². The van der Waals surface area contributed by atoms with Crippen LogP contribution < -0.4 is 0 Å². The minimum absolute atomic E-state index is 0.0867. The number of hydrogen-bond donors (Lipinski definition) is 0. The summed E-state index contributed by atoms with van der Waals surface area (Å²) in [4.78, 5) is 0. The van der Waals surface area contributed by atoms with Crippen LogP contribution in [-0.2, 0) is 9.47 Å². The van der Waals surface area contributed by atoms with Gasteiger partial charge in [-0.05, 0) is 39.5 Å². The second-order valence-electron chi connectivity index (χ2n) is 4.32. The standard InChI is InChI=1S/C12H24O2S/c1-6-15-10-9-14-12(4,5)7-8-13-11(2)3/h6,11H,1,7-10H2,2-5H3. The van der Waals surface area contributed by atoms with Crippen LogP contribution in [0.25, 0.3) is 0 Å². The minimum atomic E-state index is -0.0867. The number of rotatable bonds is 9. The van der Waals surface area contributed by atoms with Gasteiger partial charge in [0.2, 0.25) is 0 Å². The zero-order valence-electron chi connectivity index (χ0n) is 10.4. The Morgan fingerprint density at radius 2 is 2.00 bits per heavy atom. The van der Waals surface area contributed by atoms with E-state index in [-0.39, 0.29) is 5.60 Å². The zero-order chi connectivity index (χ0) is 11.7. The third-order valence-electron chi connectivity index (χ3n) is 1.97. The highest BCUT2D eigenvalue weighted by molar-refractivity contribution is 8.02. The second kappa shape index (κ2) is 8.20. The summed E-state index contributed by atoms with van der Waals surface area (Å²) in [5, 5.41) is 1.85. The lowest BCUT2D eigenvalue weighted by Gasteiger charge is -2.25. The molecule has 0 aromatic carbocycles. The summed E-state index contributed by atoms with van der Waals surface area (Å²) in [6.07, 6.45) is 1.24. The van der Waals surface area contributed by atoms with Gasteiger partial charge in [0.1, 0.15) is 0 Å². The highest BCUT2D eigenvalue weighted by Gasteiger charge is 2.17. The first-order chi connectivity index (χ1) is 6.98. The van der Waals surface area contributed by atoms with Crippen molar-refractivity contribution >= 4 is 11.8 Å². The average molecular weight is 232 g/mol. The molecule has 90 valence electrons. The molecule has 0 aliphatic heterocycles. The van der Waals surface area contributed by atoms with Crippen LogP contribution in [0.15, 0.2) is 12.0 Å². The van der Waals surface area contributed by atoms with Gasteiger partial charge in [0.05, 0.1) is 18.3 Å². The van der Waals surface area contributed by atoms with E-state index in [9.17, 15) is 0 Å². The Morgan fingerprint density at radius 3 is 2.53 bits per heavy atom. The first-order valence-electron chi connectivity index (χ1n) is 5.46. The van der Waals surface area contributed by atoms with Gasteiger partial charge in [-0.3, -0.25) is 0 Å². The predicted octanol–water partition coefficient (Wildman–Crippen LogP) is 3.47. The van der Waals surface area contributed by atoms with E-state index in [1.165, 1.54) is 0 Å². The van der Waals surface area contributed by atoms with Crippen LogP contribution in [0.4, 0.5) is 0 Å². The first kappa shape index (κ1) is 15.0. The van der Waals surface area contributed by atoms with E-state index in [0.29, 0.717) is 6.10 Å². The van der Waals surface area contributed by atoms with E-state index in [0.717, 1.165) is 25.4 Å². The maximum Gasteiger partial charge on any atom is 0.0648 e. The third-order valence-corrected chi connectivity index (χ3v) is 2.61. The summed E-state index contributed by atoms with van der Waals surface area (Å²) >= 11 is 1.69. The van der Waals surface area contributed by atoms with Gasteiger partial charge in [0.25, 0.3) is 0 Å². The van der Waals surface area contributed by atoms with Gasteiger partial charge in [0, 0.05) is 12.4 Å². The fraction of sp³-hybridized carbons (Fsp3) is 0.833. The average Bonchev–Trinajstić information content (AvgIpc) is 2.11. The van der Waals surface area contributed by atoms with E-state index in [2.05, 4.69) is 34.3 Å². The molecule has 15 heavy (non-hydrogen) atoms. The quantitative estimate of drug-likeness (QED) is 0.567. The first-order valence-corrected chi connectivity index (χ1v) is 6.51. The van der Waals surface area contributed by atoms with Crippen LogP contribution in [0.3, 0.4) is 0 Å². The second-order valence-corrected chi connectivity index (χ2v) is 5.39. The van der Waals surface area contributed by atoms with Gasteiger partial charge < -0.3 is 9.47 Å². The molecule has 0 aromatic heterocycles. The third kappa shape index (κ3) is 10.3. The topological polar surface area (TPSA) is 18.5 Å². The van der Waals surface area contributed by atoms with Crippen molar-refractivity contribution in [3.63, 3.8) is 0 Å². The molecule has 2 nitrogen and oxygen atoms in total. The van der Waals surface area contributed by atoms with Gasteiger partial charge in [-0.25, -0.2) is 0 Å². The maximum absolute atomic E-state index is 5.76. The van der Waals surface area contributed by atoms with Crippen LogP contribution in [-0.4, -0.2) is 30.7 Å². The zero-order valence-corrected chi connectivity index (χ0v) is 11.2. The number of thioether (sulfide) groups is 1. The lowest BCUT2D eigenvalue weighted by atomic mass is 10.1. The predicted molar refractivity (Wildman–Crippen MR) is 68.4 cm³/mol. The van der Waals surface area contributed by atoms with Crippen molar-refractivity contribution in [1.29, 1.82) is 0 Å². The molecular formula is C12H24O2S. The van der Waals surface area contributed by atoms with Crippen LogP contribution in [0.5, 0.6) is 0 Å². The molecule has 0 amide bonds. The highest BCUT2D eigenvalue weighted by Crippen LogP contribution is 2.15. The van der Waals surface area contributed by atoms with Crippen LogP contribution in [0.2, 0.25) is 0 Å². The Kier molecular flexibility index (Phi) is 8.20. The maximum atomic E-state index is 5.76. The lowest BCUT2D eigenvalue weighted by Crippen LogP contribution is -2.28. The molecule has 0 aliphatic carbocycles. The van der Waals surface area contributed by atoms with Crippen molar-refractivity contribution in [2.24, 2.45) is 0 Å². The van der Waals surface area contributed by atoms with E-state index in [4.69, 9.17) is 9.47 Å². The molecule has 0 spiro atoms. The summed E-state index contributed by atoms with van der Waals surface area (Å²) in [7, 11) is 0. The van der Waals surface area contributed by atoms with Crippen molar-refractivity contribution in [3.8, 4) is 0 Å². The Morgan fingerprint density at radius 1 is 1.33 bits per heavy atom. The molecule has 0 fully saturated rings. The Bertz CT molecular complexity index is 167. The van der Waals surface area contributed by atoms with Gasteiger partial charge in [-0.15, -0.1) is 11.8 Å². The molecule has 0 bridgehead atoms. The van der Waals surface area contributed by atoms with E-state index in [1.807, 2.05) is 5.41 Å². The van der Waals surface area contributed by atoms with Crippen LogP contribution in [0.1, 0.15) is 34.1 Å². The Hall–Kier alpha value is 0.01000. The van der Waals surface area contributed by atoms with Crippen molar-refractivity contribution in [2.75, 3.05) is 19.0 Å². The van der Waals surface area contributed by atoms with Crippen molar-refractivity contribution < 1.29 is 9.47 Å². The lowest BCUT2D eigenvalue weighted by molar-refractivity contribution is -0.0407. The minimum Gasteiger partial charge on any atom is -0.379 e.